The zero-order chi connectivity index (χ0) is 23.6. The predicted octanol–water partition coefficient (Wildman–Crippen LogP) is 5.47. The summed E-state index contributed by atoms with van der Waals surface area (Å²) in [6, 6.07) is 11.8. The maximum Gasteiger partial charge on any atom is 0.253 e. The second-order valence-electron chi connectivity index (χ2n) is 9.04. The van der Waals surface area contributed by atoms with E-state index >= 15 is 0 Å². The van der Waals surface area contributed by atoms with E-state index in [9.17, 15) is 9.90 Å². The van der Waals surface area contributed by atoms with Crippen molar-refractivity contribution in [1.29, 1.82) is 0 Å². The number of amides is 1. The summed E-state index contributed by atoms with van der Waals surface area (Å²) in [6.07, 6.45) is 0. The molecular weight excluding hydrogens is 521 g/mol. The summed E-state index contributed by atoms with van der Waals surface area (Å²) in [4.78, 5) is 13.1. The van der Waals surface area contributed by atoms with Gasteiger partial charge in [-0.1, -0.05) is 57.5 Å². The fraction of sp³-hybridized carbons (Fsp3) is 0.458. The lowest BCUT2D eigenvalue weighted by molar-refractivity contribution is 0.0468. The van der Waals surface area contributed by atoms with Gasteiger partial charge in [0, 0.05) is 5.56 Å². The molecule has 7 heteroatoms. The minimum absolute atomic E-state index is 0.0283. The number of carbonyl (C=O) groups is 1. The van der Waals surface area contributed by atoms with Crippen LogP contribution in [0.1, 0.15) is 57.5 Å². The van der Waals surface area contributed by atoms with E-state index in [4.69, 9.17) is 9.16 Å². The Balaban J connectivity index is 2.39. The van der Waals surface area contributed by atoms with Gasteiger partial charge < -0.3 is 19.6 Å². The van der Waals surface area contributed by atoms with E-state index < -0.39 is 14.0 Å². The summed E-state index contributed by atoms with van der Waals surface area (Å²) >= 11 is 1.98. The Bertz CT molecular complexity index is 918. The summed E-state index contributed by atoms with van der Waals surface area (Å²) in [5, 5.41) is 14.4. The average Bonchev–Trinajstić information content (AvgIpc) is 2.67. The quantitative estimate of drug-likeness (QED) is 0.258. The maximum absolute atomic E-state index is 13.1. The van der Waals surface area contributed by atoms with Crippen LogP contribution in [0.4, 0.5) is 0 Å². The Morgan fingerprint density at radius 3 is 2.13 bits per heavy atom. The molecule has 2 aromatic rings. The Hall–Kier alpha value is -1.58. The third-order valence-corrected chi connectivity index (χ3v) is 11.9. The van der Waals surface area contributed by atoms with Gasteiger partial charge in [-0.25, -0.2) is 0 Å². The first kappa shape index (κ1) is 25.7. The number of rotatable bonds is 8. The van der Waals surface area contributed by atoms with Crippen molar-refractivity contribution in [1.82, 2.24) is 5.32 Å². The molecule has 31 heavy (non-hydrogen) atoms. The first-order valence-electron chi connectivity index (χ1n) is 10.5. The van der Waals surface area contributed by atoms with Gasteiger partial charge in [0.1, 0.15) is 5.72 Å². The highest BCUT2D eigenvalue weighted by Gasteiger charge is 2.48. The van der Waals surface area contributed by atoms with Crippen LogP contribution in [-0.4, -0.2) is 32.2 Å². The van der Waals surface area contributed by atoms with Crippen LogP contribution in [0.15, 0.2) is 36.4 Å². The third kappa shape index (κ3) is 5.62. The lowest BCUT2D eigenvalue weighted by atomic mass is 10.1. The number of phenolic OH excluding ortho intramolecular Hbond substituents is 1. The van der Waals surface area contributed by atoms with Gasteiger partial charge in [-0.3, -0.25) is 4.79 Å². The molecule has 0 radical (unpaired) electrons. The number of aromatic hydroxyl groups is 1. The molecule has 0 aliphatic heterocycles. The van der Waals surface area contributed by atoms with Crippen LogP contribution < -0.4 is 15.2 Å². The molecule has 0 saturated heterocycles. The minimum atomic E-state index is -2.47. The Morgan fingerprint density at radius 2 is 1.65 bits per heavy atom. The van der Waals surface area contributed by atoms with Gasteiger partial charge in [-0.2, -0.15) is 0 Å². The van der Waals surface area contributed by atoms with Crippen LogP contribution in [0.3, 0.4) is 0 Å². The van der Waals surface area contributed by atoms with Gasteiger partial charge >= 0.3 is 0 Å². The number of benzene rings is 2. The van der Waals surface area contributed by atoms with Crippen molar-refractivity contribution in [2.24, 2.45) is 0 Å². The lowest BCUT2D eigenvalue weighted by Gasteiger charge is -2.45. The molecule has 0 atom stereocenters. The van der Waals surface area contributed by atoms with Crippen molar-refractivity contribution >= 4 is 42.0 Å². The normalized spacial score (nSPS) is 12.4. The predicted molar refractivity (Wildman–Crippen MR) is 137 cm³/mol. The maximum atomic E-state index is 13.1. The van der Waals surface area contributed by atoms with Crippen molar-refractivity contribution in [2.75, 3.05) is 7.11 Å². The van der Waals surface area contributed by atoms with Gasteiger partial charge in [0.2, 0.25) is 8.32 Å². The summed E-state index contributed by atoms with van der Waals surface area (Å²) in [7, 11) is -1.01. The highest BCUT2D eigenvalue weighted by molar-refractivity contribution is 14.1. The van der Waals surface area contributed by atoms with Crippen LogP contribution in [0.2, 0.25) is 11.1 Å². The number of halogens is 1. The van der Waals surface area contributed by atoms with Crippen molar-refractivity contribution in [3.8, 4) is 11.5 Å². The number of ether oxygens (including phenoxy) is 1. The molecule has 5 nitrogen and oxygen atoms in total. The van der Waals surface area contributed by atoms with Crippen LogP contribution in [0, 0.1) is 10.5 Å². The Morgan fingerprint density at radius 1 is 1.10 bits per heavy atom. The average molecular weight is 556 g/mol. The van der Waals surface area contributed by atoms with Crippen LogP contribution in [-0.2, 0) is 4.43 Å². The van der Waals surface area contributed by atoms with Crippen molar-refractivity contribution in [3.63, 3.8) is 0 Å². The van der Waals surface area contributed by atoms with Gasteiger partial charge in [0.15, 0.2) is 11.5 Å². The molecule has 2 aromatic carbocycles. The van der Waals surface area contributed by atoms with Crippen LogP contribution in [0.5, 0.6) is 11.5 Å². The van der Waals surface area contributed by atoms with Crippen molar-refractivity contribution < 1.29 is 19.1 Å². The fourth-order valence-corrected chi connectivity index (χ4v) is 9.54. The van der Waals surface area contributed by atoms with Gasteiger partial charge in [0.25, 0.3) is 5.91 Å². The summed E-state index contributed by atoms with van der Waals surface area (Å²) in [6.45, 7) is 14.7. The molecule has 0 aromatic heterocycles. The van der Waals surface area contributed by atoms with E-state index in [0.29, 0.717) is 20.2 Å². The molecule has 1 amide bonds. The second kappa shape index (κ2) is 9.91. The van der Waals surface area contributed by atoms with Gasteiger partial charge in [-0.15, -0.1) is 0 Å². The topological polar surface area (TPSA) is 67.8 Å². The number of carbonyl (C=O) groups excluding carboxylic acids is 1. The molecule has 0 unspecified atom stereocenters. The number of phenols is 1. The van der Waals surface area contributed by atoms with E-state index in [1.807, 2.05) is 36.4 Å². The first-order valence-corrected chi connectivity index (χ1v) is 13.6. The number of aryl methyl sites for hydroxylation is 1. The van der Waals surface area contributed by atoms with E-state index in [1.165, 1.54) is 17.9 Å². The molecule has 0 spiro atoms. The molecule has 2 rings (SSSR count). The first-order chi connectivity index (χ1) is 14.3. The highest BCUT2D eigenvalue weighted by atomic mass is 127. The van der Waals surface area contributed by atoms with Gasteiger partial charge in [0.05, 0.1) is 10.7 Å². The molecule has 170 valence electrons. The molecule has 0 aliphatic rings. The lowest BCUT2D eigenvalue weighted by Crippen LogP contribution is -2.63. The van der Waals surface area contributed by atoms with Crippen molar-refractivity contribution in [3.05, 3.63) is 51.1 Å². The van der Waals surface area contributed by atoms with Gasteiger partial charge in [-0.05, 0) is 71.8 Å². The third-order valence-electron chi connectivity index (χ3n) is 5.57. The summed E-state index contributed by atoms with van der Waals surface area (Å²) in [5.41, 5.74) is 1.34. The number of methoxy groups -OCH3 is 1. The Kier molecular flexibility index (Phi) is 8.21. The Labute approximate surface area is 200 Å². The molecular formula is C24H34INO4Si. The van der Waals surface area contributed by atoms with E-state index in [1.54, 1.807) is 12.1 Å². The second-order valence-corrected chi connectivity index (χ2v) is 14.9. The molecule has 0 aliphatic carbocycles. The number of nitrogens with one attached hydrogen (secondary N) is 1. The van der Waals surface area contributed by atoms with Crippen molar-refractivity contribution in [2.45, 2.75) is 65.3 Å². The number of hydrogen-bond acceptors (Lipinski definition) is 4. The highest BCUT2D eigenvalue weighted by Crippen LogP contribution is 2.37. The smallest absolute Gasteiger partial charge is 0.253 e. The summed E-state index contributed by atoms with van der Waals surface area (Å²) in [5.74, 6) is 0.0182. The largest absolute Gasteiger partial charge is 0.504 e. The zero-order valence-electron chi connectivity index (χ0n) is 19.7. The van der Waals surface area contributed by atoms with E-state index in [-0.39, 0.29) is 17.4 Å². The van der Waals surface area contributed by atoms with E-state index in [2.05, 4.69) is 64.2 Å². The molecule has 0 heterocycles. The number of hydrogen-bond donors (Lipinski definition) is 2. The standard InChI is InChI=1S/C24H34INO4Si/c1-15(2)31(16(3)4,19-11-9-17(5)10-12-19)30-24(6,7)26-23(28)18-13-20(25)22(27)21(14-18)29-8/h9-16,27H,1-8H3,(H,26,28). The van der Waals surface area contributed by atoms with E-state index in [0.717, 1.165) is 0 Å². The minimum Gasteiger partial charge on any atom is -0.504 e. The SMILES string of the molecule is COc1cc(C(=O)NC(C)(C)O[Si](c2ccc(C)cc2)(C(C)C)C(C)C)cc(I)c1O. The monoisotopic (exact) mass is 555 g/mol. The zero-order valence-corrected chi connectivity index (χ0v) is 22.8. The van der Waals surface area contributed by atoms with Crippen LogP contribution >= 0.6 is 22.6 Å². The molecule has 2 N–H and O–H groups in total. The molecule has 0 saturated carbocycles. The summed E-state index contributed by atoms with van der Waals surface area (Å²) < 4.78 is 12.6. The van der Waals surface area contributed by atoms with Crippen LogP contribution in [0.25, 0.3) is 0 Å². The molecule has 0 fully saturated rings. The fourth-order valence-electron chi connectivity index (χ4n) is 4.10. The molecule has 0 bridgehead atoms.